The number of nitrogens with one attached hydrogen (secondary N) is 2. The summed E-state index contributed by atoms with van der Waals surface area (Å²) in [6.07, 6.45) is 0. The van der Waals surface area contributed by atoms with Crippen LogP contribution in [-0.4, -0.2) is 21.2 Å². The average Bonchev–Trinajstić information content (AvgIpc) is 3.14. The Hall–Kier alpha value is -3.49. The van der Waals surface area contributed by atoms with E-state index in [2.05, 4.69) is 15.5 Å². The zero-order chi connectivity index (χ0) is 19.7. The number of hydrogen-bond acceptors (Lipinski definition) is 6. The molecule has 4 aromatic rings. The molecule has 28 heavy (non-hydrogen) atoms. The van der Waals surface area contributed by atoms with Crippen LogP contribution in [0.2, 0.25) is 0 Å². The number of nitrogens with two attached hydrogens (primary N) is 1. The Morgan fingerprint density at radius 1 is 1.18 bits per heavy atom. The molecule has 0 aliphatic heterocycles. The van der Waals surface area contributed by atoms with E-state index in [-0.39, 0.29) is 18.2 Å². The number of aromatic nitrogens is 2. The highest BCUT2D eigenvalue weighted by molar-refractivity contribution is 7.20. The van der Waals surface area contributed by atoms with Crippen LogP contribution >= 0.6 is 11.3 Å². The molecule has 0 aliphatic rings. The molecular weight excluding hydrogens is 376 g/mol. The third-order valence-electron chi connectivity index (χ3n) is 4.34. The SMILES string of the molecule is Nc1cc(-c2cccc(NC(=O)c3cc4ccccc4s3)c2CO)n[nH]c1=O. The maximum Gasteiger partial charge on any atom is 0.287 e. The van der Waals surface area contributed by atoms with Gasteiger partial charge in [-0.3, -0.25) is 9.59 Å². The third-order valence-corrected chi connectivity index (χ3v) is 5.45. The van der Waals surface area contributed by atoms with Crippen molar-refractivity contribution < 1.29 is 9.90 Å². The standard InChI is InChI=1S/C20H16N4O3S/c21-14-9-16(23-24-19(14)26)12-5-3-6-15(13(12)10-25)22-20(27)18-8-11-4-1-2-7-17(11)28-18/h1-9,25H,10H2,(H2,21,23)(H,22,27)(H,24,26). The van der Waals surface area contributed by atoms with Gasteiger partial charge in [-0.25, -0.2) is 5.10 Å². The largest absolute Gasteiger partial charge is 0.394 e. The average molecular weight is 392 g/mol. The summed E-state index contributed by atoms with van der Waals surface area (Å²) in [5.41, 5.74) is 7.13. The number of thiophene rings is 1. The molecule has 2 aromatic heterocycles. The maximum absolute atomic E-state index is 12.7. The van der Waals surface area contributed by atoms with Crippen molar-refractivity contribution in [3.63, 3.8) is 0 Å². The molecule has 5 N–H and O–H groups in total. The molecule has 7 nitrogen and oxygen atoms in total. The van der Waals surface area contributed by atoms with E-state index in [4.69, 9.17) is 5.73 Å². The number of aliphatic hydroxyl groups excluding tert-OH is 1. The normalized spacial score (nSPS) is 10.9. The molecular formula is C20H16N4O3S. The molecule has 2 aromatic carbocycles. The molecule has 0 aliphatic carbocycles. The number of amides is 1. The fourth-order valence-electron chi connectivity index (χ4n) is 2.95. The van der Waals surface area contributed by atoms with Crippen molar-refractivity contribution >= 4 is 38.7 Å². The number of rotatable bonds is 4. The van der Waals surface area contributed by atoms with Crippen molar-refractivity contribution in [1.82, 2.24) is 10.2 Å². The molecule has 140 valence electrons. The summed E-state index contributed by atoms with van der Waals surface area (Å²) < 4.78 is 1.02. The minimum absolute atomic E-state index is 0.0219. The molecule has 0 saturated carbocycles. The summed E-state index contributed by atoms with van der Waals surface area (Å²) in [4.78, 5) is 24.8. The lowest BCUT2D eigenvalue weighted by molar-refractivity contribution is 0.103. The Bertz CT molecular complexity index is 1210. The predicted molar refractivity (Wildman–Crippen MR) is 110 cm³/mol. The van der Waals surface area contributed by atoms with Crippen LogP contribution in [0.1, 0.15) is 15.2 Å². The summed E-state index contributed by atoms with van der Waals surface area (Å²) in [6.45, 7) is -0.321. The first-order chi connectivity index (χ1) is 13.6. The van der Waals surface area contributed by atoms with Gasteiger partial charge in [0.05, 0.1) is 17.2 Å². The molecule has 0 spiro atoms. The van der Waals surface area contributed by atoms with Gasteiger partial charge in [0, 0.05) is 21.5 Å². The van der Waals surface area contributed by atoms with E-state index in [1.54, 1.807) is 18.2 Å². The van der Waals surface area contributed by atoms with Crippen LogP contribution in [0.5, 0.6) is 0 Å². The van der Waals surface area contributed by atoms with E-state index >= 15 is 0 Å². The van der Waals surface area contributed by atoms with Gasteiger partial charge in [0.15, 0.2) is 0 Å². The smallest absolute Gasteiger partial charge is 0.287 e. The van der Waals surface area contributed by atoms with Gasteiger partial charge < -0.3 is 16.2 Å². The van der Waals surface area contributed by atoms with Crippen LogP contribution in [0.15, 0.2) is 59.4 Å². The number of carbonyl (C=O) groups is 1. The zero-order valence-electron chi connectivity index (χ0n) is 14.6. The molecule has 0 atom stereocenters. The summed E-state index contributed by atoms with van der Waals surface area (Å²) in [5, 5.41) is 20.1. The van der Waals surface area contributed by atoms with Gasteiger partial charge in [0.25, 0.3) is 11.5 Å². The molecule has 2 heterocycles. The minimum atomic E-state index is -0.483. The van der Waals surface area contributed by atoms with E-state index in [0.717, 1.165) is 10.1 Å². The summed E-state index contributed by atoms with van der Waals surface area (Å²) in [6, 6.07) is 16.2. The van der Waals surface area contributed by atoms with Crippen molar-refractivity contribution in [3.8, 4) is 11.3 Å². The molecule has 1 amide bonds. The van der Waals surface area contributed by atoms with Crippen LogP contribution in [0, 0.1) is 0 Å². The Morgan fingerprint density at radius 3 is 2.75 bits per heavy atom. The van der Waals surface area contributed by atoms with Gasteiger partial charge in [-0.2, -0.15) is 5.10 Å². The van der Waals surface area contributed by atoms with Gasteiger partial charge in [0.2, 0.25) is 0 Å². The molecule has 4 rings (SSSR count). The maximum atomic E-state index is 12.7. The van der Waals surface area contributed by atoms with E-state index in [9.17, 15) is 14.7 Å². The monoisotopic (exact) mass is 392 g/mol. The first-order valence-electron chi connectivity index (χ1n) is 8.45. The Labute approximate surface area is 163 Å². The van der Waals surface area contributed by atoms with E-state index in [1.807, 2.05) is 30.3 Å². The summed E-state index contributed by atoms with van der Waals surface area (Å²) >= 11 is 1.40. The van der Waals surface area contributed by atoms with Gasteiger partial charge in [-0.1, -0.05) is 30.3 Å². The quantitative estimate of drug-likeness (QED) is 0.425. The molecule has 0 radical (unpaired) electrons. The van der Waals surface area contributed by atoms with Crippen molar-refractivity contribution in [2.24, 2.45) is 0 Å². The van der Waals surface area contributed by atoms with Crippen molar-refractivity contribution in [1.29, 1.82) is 0 Å². The highest BCUT2D eigenvalue weighted by atomic mass is 32.1. The lowest BCUT2D eigenvalue weighted by Gasteiger charge is -2.13. The number of aromatic amines is 1. The van der Waals surface area contributed by atoms with E-state index in [1.165, 1.54) is 17.4 Å². The van der Waals surface area contributed by atoms with Gasteiger partial charge >= 0.3 is 0 Å². The number of carbonyl (C=O) groups excluding carboxylic acids is 1. The molecule has 0 unspecified atom stereocenters. The van der Waals surface area contributed by atoms with Crippen LogP contribution in [0.4, 0.5) is 11.4 Å². The summed E-state index contributed by atoms with van der Waals surface area (Å²) in [5.74, 6) is -0.262. The molecule has 8 heteroatoms. The van der Waals surface area contributed by atoms with Crippen LogP contribution in [0.25, 0.3) is 21.3 Å². The first-order valence-corrected chi connectivity index (χ1v) is 9.26. The number of aliphatic hydroxyl groups is 1. The number of hydrogen-bond donors (Lipinski definition) is 4. The Kier molecular flexibility index (Phi) is 4.64. The highest BCUT2D eigenvalue weighted by Crippen LogP contribution is 2.30. The van der Waals surface area contributed by atoms with Crippen LogP contribution in [-0.2, 0) is 6.61 Å². The second kappa shape index (κ2) is 7.26. The fraction of sp³-hybridized carbons (Fsp3) is 0.0500. The van der Waals surface area contributed by atoms with Crippen molar-refractivity contribution in [2.75, 3.05) is 11.1 Å². The second-order valence-corrected chi connectivity index (χ2v) is 7.21. The van der Waals surface area contributed by atoms with Gasteiger partial charge in [-0.05, 0) is 29.7 Å². The minimum Gasteiger partial charge on any atom is -0.394 e. The Balaban J connectivity index is 1.70. The topological polar surface area (TPSA) is 121 Å². The first kappa shape index (κ1) is 17.9. The van der Waals surface area contributed by atoms with Crippen LogP contribution < -0.4 is 16.6 Å². The molecule has 0 bridgehead atoms. The highest BCUT2D eigenvalue weighted by Gasteiger charge is 2.16. The number of fused-ring (bicyclic) bond motifs is 1. The number of nitrogen functional groups attached to an aromatic ring is 1. The summed E-state index contributed by atoms with van der Waals surface area (Å²) in [7, 11) is 0. The number of nitrogens with zero attached hydrogens (tertiary/aromatic N) is 1. The number of benzene rings is 2. The van der Waals surface area contributed by atoms with E-state index in [0.29, 0.717) is 27.4 Å². The van der Waals surface area contributed by atoms with Crippen LogP contribution in [0.3, 0.4) is 0 Å². The number of anilines is 2. The van der Waals surface area contributed by atoms with Gasteiger partial charge in [0.1, 0.15) is 5.69 Å². The van der Waals surface area contributed by atoms with E-state index < -0.39 is 5.56 Å². The molecule has 0 saturated heterocycles. The Morgan fingerprint density at radius 2 is 2.00 bits per heavy atom. The fourth-order valence-corrected chi connectivity index (χ4v) is 3.91. The van der Waals surface area contributed by atoms with Gasteiger partial charge in [-0.15, -0.1) is 11.3 Å². The lowest BCUT2D eigenvalue weighted by Crippen LogP contribution is -2.14. The molecule has 0 fully saturated rings. The second-order valence-electron chi connectivity index (χ2n) is 6.13. The van der Waals surface area contributed by atoms with Crippen molar-refractivity contribution in [2.45, 2.75) is 6.61 Å². The number of H-pyrrole nitrogens is 1. The third kappa shape index (κ3) is 3.26. The van der Waals surface area contributed by atoms with Crippen molar-refractivity contribution in [3.05, 3.63) is 75.4 Å². The lowest BCUT2D eigenvalue weighted by atomic mass is 10.0. The predicted octanol–water partition coefficient (Wildman–Crippen LogP) is 2.98. The zero-order valence-corrected chi connectivity index (χ0v) is 15.4.